The molecule has 1 aromatic carbocycles. The van der Waals surface area contributed by atoms with Gasteiger partial charge in [0.05, 0.1) is 18.2 Å². The Morgan fingerprint density at radius 2 is 1.93 bits per heavy atom. The summed E-state index contributed by atoms with van der Waals surface area (Å²) in [6.45, 7) is 1.09. The van der Waals surface area contributed by atoms with Crippen molar-refractivity contribution in [2.75, 3.05) is 13.1 Å². The van der Waals surface area contributed by atoms with Crippen LogP contribution in [0.15, 0.2) is 30.3 Å². The summed E-state index contributed by atoms with van der Waals surface area (Å²) in [5, 5.41) is 34.4. The molecule has 0 bridgehead atoms. The minimum atomic E-state index is -1.13. The fourth-order valence-corrected chi connectivity index (χ4v) is 4.08. The summed E-state index contributed by atoms with van der Waals surface area (Å²) < 4.78 is 0. The van der Waals surface area contributed by atoms with Gasteiger partial charge in [0.1, 0.15) is 0 Å². The van der Waals surface area contributed by atoms with Crippen molar-refractivity contribution < 1.29 is 15.0 Å². The number of carbonyl (C=O) groups is 1. The molecular formula is C21H31N3O3. The molecule has 1 saturated carbocycles. The number of nitrogens with one attached hydrogen (secondary N) is 2. The highest BCUT2D eigenvalue weighted by Gasteiger charge is 2.31. The Kier molecular flexibility index (Phi) is 8.56. The molecule has 6 nitrogen and oxygen atoms in total. The Balaban J connectivity index is 1.90. The number of aliphatic hydroxyl groups excluding tert-OH is 1. The van der Waals surface area contributed by atoms with Crippen LogP contribution in [0.1, 0.15) is 50.5 Å². The van der Waals surface area contributed by atoms with Gasteiger partial charge in [-0.1, -0.05) is 49.6 Å². The van der Waals surface area contributed by atoms with Crippen molar-refractivity contribution >= 4 is 6.09 Å². The molecule has 1 amide bonds. The molecule has 0 radical (unpaired) electrons. The van der Waals surface area contributed by atoms with Crippen LogP contribution in [-0.4, -0.2) is 41.5 Å². The number of rotatable bonds is 10. The fourth-order valence-electron chi connectivity index (χ4n) is 4.08. The molecule has 2 atom stereocenters. The van der Waals surface area contributed by atoms with Crippen LogP contribution in [0.25, 0.3) is 0 Å². The Bertz CT molecular complexity index is 609. The highest BCUT2D eigenvalue weighted by molar-refractivity contribution is 5.65. The average molecular weight is 373 g/mol. The summed E-state index contributed by atoms with van der Waals surface area (Å²) in [4.78, 5) is 11.1. The van der Waals surface area contributed by atoms with Crippen molar-refractivity contribution in [3.8, 4) is 6.07 Å². The number of hydrogen-bond donors (Lipinski definition) is 4. The normalized spacial score (nSPS) is 18.2. The van der Waals surface area contributed by atoms with Gasteiger partial charge < -0.3 is 20.8 Å². The van der Waals surface area contributed by atoms with Crippen LogP contribution in [0.4, 0.5) is 4.79 Å². The first kappa shape index (κ1) is 21.2. The van der Waals surface area contributed by atoms with Gasteiger partial charge in [0.15, 0.2) is 0 Å². The van der Waals surface area contributed by atoms with E-state index in [1.54, 1.807) is 0 Å². The number of carboxylic acid groups (broad SMARTS) is 1. The van der Waals surface area contributed by atoms with Gasteiger partial charge in [-0.25, -0.2) is 4.79 Å². The molecule has 4 N–H and O–H groups in total. The molecule has 148 valence electrons. The van der Waals surface area contributed by atoms with E-state index >= 15 is 0 Å². The molecule has 1 aliphatic rings. The number of amides is 1. The van der Waals surface area contributed by atoms with Crippen molar-refractivity contribution in [1.82, 2.24) is 10.6 Å². The molecule has 0 heterocycles. The average Bonchev–Trinajstić information content (AvgIpc) is 2.67. The molecule has 1 fully saturated rings. The van der Waals surface area contributed by atoms with E-state index in [1.807, 2.05) is 30.3 Å². The maximum absolute atomic E-state index is 11.1. The maximum atomic E-state index is 11.1. The van der Waals surface area contributed by atoms with E-state index in [-0.39, 0.29) is 5.41 Å². The van der Waals surface area contributed by atoms with Crippen LogP contribution in [0.5, 0.6) is 0 Å². The van der Waals surface area contributed by atoms with Crippen LogP contribution in [0, 0.1) is 16.7 Å². The lowest BCUT2D eigenvalue weighted by Gasteiger charge is -2.37. The molecule has 0 aliphatic heterocycles. The van der Waals surface area contributed by atoms with Crippen molar-refractivity contribution in [1.29, 1.82) is 5.26 Å². The summed E-state index contributed by atoms with van der Waals surface area (Å²) in [5.74, 6) is 0. The molecule has 1 aromatic rings. The summed E-state index contributed by atoms with van der Waals surface area (Å²) in [6, 6.07) is 11.2. The lowest BCUT2D eigenvalue weighted by atomic mass is 9.71. The first-order chi connectivity index (χ1) is 13.0. The quantitative estimate of drug-likeness (QED) is 0.504. The van der Waals surface area contributed by atoms with E-state index in [0.717, 1.165) is 31.4 Å². The highest BCUT2D eigenvalue weighted by atomic mass is 16.4. The predicted molar refractivity (Wildman–Crippen MR) is 104 cm³/mol. The number of nitrogens with zero attached hydrogens (tertiary/aromatic N) is 1. The fraction of sp³-hybridized carbons (Fsp3) is 0.619. The van der Waals surface area contributed by atoms with Crippen LogP contribution < -0.4 is 10.6 Å². The molecule has 2 rings (SSSR count). The van der Waals surface area contributed by atoms with Gasteiger partial charge in [-0.05, 0) is 36.7 Å². The monoisotopic (exact) mass is 373 g/mol. The van der Waals surface area contributed by atoms with Gasteiger partial charge in [0.2, 0.25) is 0 Å². The predicted octanol–water partition coefficient (Wildman–Crippen LogP) is 3.07. The Morgan fingerprint density at radius 1 is 1.22 bits per heavy atom. The third-order valence-electron chi connectivity index (χ3n) is 5.61. The van der Waals surface area contributed by atoms with Gasteiger partial charge in [-0.15, -0.1) is 0 Å². The Morgan fingerprint density at radius 3 is 2.56 bits per heavy atom. The lowest BCUT2D eigenvalue weighted by molar-refractivity contribution is 0.106. The standard InChI is InChI=1S/C21H31N3O3/c22-13-7-12-21(10-5-2-6-11-21)16-23-15-19(25)18(24-20(26)27)14-17-8-3-1-4-9-17/h1,3-4,8-9,18-19,23-25H,2,5-7,10-12,14-16H2,(H,26,27)/t18-,19-/m0/s1. The second-order valence-electron chi connectivity index (χ2n) is 7.66. The molecule has 1 aliphatic carbocycles. The van der Waals surface area contributed by atoms with Crippen LogP contribution in [-0.2, 0) is 6.42 Å². The molecule has 27 heavy (non-hydrogen) atoms. The number of hydrogen-bond acceptors (Lipinski definition) is 4. The lowest BCUT2D eigenvalue weighted by Crippen LogP contribution is -2.49. The largest absolute Gasteiger partial charge is 0.465 e. The molecule has 0 spiro atoms. The Hall–Kier alpha value is -2.10. The van der Waals surface area contributed by atoms with Crippen molar-refractivity contribution in [2.24, 2.45) is 5.41 Å². The first-order valence-electron chi connectivity index (χ1n) is 9.84. The van der Waals surface area contributed by atoms with Gasteiger partial charge in [-0.2, -0.15) is 5.26 Å². The van der Waals surface area contributed by atoms with Gasteiger partial charge in [0.25, 0.3) is 0 Å². The summed E-state index contributed by atoms with van der Waals surface area (Å²) >= 11 is 0. The third-order valence-corrected chi connectivity index (χ3v) is 5.61. The van der Waals surface area contributed by atoms with Crippen molar-refractivity contribution in [2.45, 2.75) is 63.5 Å². The van der Waals surface area contributed by atoms with Gasteiger partial charge in [0, 0.05) is 19.5 Å². The summed E-state index contributed by atoms with van der Waals surface area (Å²) in [6.07, 6.45) is 5.77. The first-order valence-corrected chi connectivity index (χ1v) is 9.84. The van der Waals surface area contributed by atoms with E-state index in [0.29, 0.717) is 19.4 Å². The summed E-state index contributed by atoms with van der Waals surface area (Å²) in [7, 11) is 0. The second-order valence-corrected chi connectivity index (χ2v) is 7.66. The number of nitriles is 1. The molecule has 0 unspecified atom stereocenters. The molecular weight excluding hydrogens is 342 g/mol. The number of benzene rings is 1. The highest BCUT2D eigenvalue weighted by Crippen LogP contribution is 2.39. The SMILES string of the molecule is N#CCCC1(CNC[C@H](O)[C@H](Cc2ccccc2)NC(=O)O)CCCCC1. The van der Waals surface area contributed by atoms with E-state index < -0.39 is 18.2 Å². The minimum absolute atomic E-state index is 0.128. The zero-order valence-electron chi connectivity index (χ0n) is 15.9. The topological polar surface area (TPSA) is 105 Å². The molecule has 0 aromatic heterocycles. The summed E-state index contributed by atoms with van der Waals surface area (Å²) in [5.41, 5.74) is 1.11. The van der Waals surface area contributed by atoms with Crippen molar-refractivity contribution in [3.05, 3.63) is 35.9 Å². The zero-order valence-corrected chi connectivity index (χ0v) is 15.9. The van der Waals surface area contributed by atoms with Crippen LogP contribution >= 0.6 is 0 Å². The van der Waals surface area contributed by atoms with E-state index in [2.05, 4.69) is 16.7 Å². The Labute approximate surface area is 161 Å². The van der Waals surface area contributed by atoms with E-state index in [9.17, 15) is 9.90 Å². The molecule has 6 heteroatoms. The minimum Gasteiger partial charge on any atom is -0.465 e. The second kappa shape index (κ2) is 10.9. The van der Waals surface area contributed by atoms with E-state index in [1.165, 1.54) is 19.3 Å². The van der Waals surface area contributed by atoms with Crippen LogP contribution in [0.2, 0.25) is 0 Å². The smallest absolute Gasteiger partial charge is 0.404 e. The van der Waals surface area contributed by atoms with E-state index in [4.69, 9.17) is 10.4 Å². The third kappa shape index (κ3) is 7.20. The van der Waals surface area contributed by atoms with Gasteiger partial charge in [-0.3, -0.25) is 0 Å². The zero-order chi connectivity index (χ0) is 19.5. The van der Waals surface area contributed by atoms with Gasteiger partial charge >= 0.3 is 6.09 Å². The van der Waals surface area contributed by atoms with Crippen LogP contribution in [0.3, 0.4) is 0 Å². The molecule has 0 saturated heterocycles. The number of aliphatic hydroxyl groups is 1. The van der Waals surface area contributed by atoms with Crippen molar-refractivity contribution in [3.63, 3.8) is 0 Å². The maximum Gasteiger partial charge on any atom is 0.404 e.